The fraction of sp³-hybridized carbons (Fsp3) is 0.633. The molecule has 0 aliphatic heterocycles. The SMILES string of the molecule is C=C(C)C(=O)NCC(=O)NCC(=O)N=C1C=CC2(C)C(=C1)CCC1[C@@H]3C[C@@H](C)[C@](O)(C(=O)CO)C3(C)CC(O)[C@@]12F. The molecule has 4 unspecified atom stereocenters. The van der Waals surface area contributed by atoms with Gasteiger partial charge >= 0.3 is 0 Å². The first-order valence-electron chi connectivity index (χ1n) is 14.0. The first-order chi connectivity index (χ1) is 19.1. The molecule has 4 rings (SSSR count). The third-order valence-electron chi connectivity index (χ3n) is 10.3. The molecule has 10 nitrogen and oxygen atoms in total. The predicted octanol–water partition coefficient (Wildman–Crippen LogP) is 1.10. The summed E-state index contributed by atoms with van der Waals surface area (Å²) in [6.07, 6.45) is 4.40. The number of alkyl halides is 1. The molecular weight excluding hydrogens is 533 g/mol. The van der Waals surface area contributed by atoms with Gasteiger partial charge in [0.25, 0.3) is 5.91 Å². The number of allylic oxidation sites excluding steroid dienone is 4. The van der Waals surface area contributed by atoms with Gasteiger partial charge in [-0.2, -0.15) is 0 Å². The Kier molecular flexibility index (Phi) is 8.05. The van der Waals surface area contributed by atoms with Crippen LogP contribution in [-0.2, 0) is 19.2 Å². The fourth-order valence-electron chi connectivity index (χ4n) is 8.07. The number of halogens is 1. The highest BCUT2D eigenvalue weighted by Crippen LogP contribution is 2.70. The molecule has 0 aromatic carbocycles. The molecule has 0 bridgehead atoms. The Morgan fingerprint density at radius 3 is 2.49 bits per heavy atom. The van der Waals surface area contributed by atoms with E-state index in [4.69, 9.17) is 0 Å². The van der Waals surface area contributed by atoms with Crippen LogP contribution >= 0.6 is 0 Å². The van der Waals surface area contributed by atoms with Crippen LogP contribution < -0.4 is 10.6 Å². The number of aliphatic imine (C=N–C) groups is 1. The zero-order valence-electron chi connectivity index (χ0n) is 24.0. The van der Waals surface area contributed by atoms with Crippen LogP contribution in [0.5, 0.6) is 0 Å². The molecular formula is C30H40FN3O7. The normalized spacial score (nSPS) is 40.1. The zero-order chi connectivity index (χ0) is 30.5. The third-order valence-corrected chi connectivity index (χ3v) is 10.3. The van der Waals surface area contributed by atoms with E-state index >= 15 is 4.39 Å². The topological polar surface area (TPSA) is 165 Å². The number of ketones is 1. The molecule has 0 saturated heterocycles. The van der Waals surface area contributed by atoms with Crippen LogP contribution in [-0.4, -0.2) is 81.6 Å². The maximum Gasteiger partial charge on any atom is 0.265 e. The lowest BCUT2D eigenvalue weighted by Gasteiger charge is -2.62. The number of fused-ring (bicyclic) bond motifs is 5. The van der Waals surface area contributed by atoms with E-state index in [-0.39, 0.29) is 25.1 Å². The summed E-state index contributed by atoms with van der Waals surface area (Å²) in [7, 11) is 0. The molecule has 0 heterocycles. The Hall–Kier alpha value is -3.02. The average molecular weight is 574 g/mol. The number of aliphatic hydroxyl groups excluding tert-OH is 2. The smallest absolute Gasteiger partial charge is 0.265 e. The van der Waals surface area contributed by atoms with Crippen molar-refractivity contribution in [2.24, 2.45) is 33.6 Å². The van der Waals surface area contributed by atoms with E-state index in [9.17, 15) is 34.5 Å². The standard InChI is InChI=1S/C30H40FN3O7/c1-16(2)26(40)33-13-24(38)32-14-25(39)34-19-8-9-27(4)18(11-19)6-7-20-21-10-17(3)30(41,23(37)15-35)28(21,5)12-22(36)29(20,27)31/h8-9,11,17,20-22,35-36,41H,1,6-7,10,12-15H2,2-5H3,(H,32,38)(H,33,40)/t17-,20?,21+,22?,27?,28?,29+,30+/m1/s1. The summed E-state index contributed by atoms with van der Waals surface area (Å²) in [4.78, 5) is 52.6. The number of hydrogen-bond donors (Lipinski definition) is 5. The number of carbonyl (C=O) groups is 4. The van der Waals surface area contributed by atoms with Crippen LogP contribution in [0.3, 0.4) is 0 Å². The summed E-state index contributed by atoms with van der Waals surface area (Å²) in [5.74, 6) is -3.92. The largest absolute Gasteiger partial charge is 0.390 e. The first-order valence-corrected chi connectivity index (χ1v) is 14.0. The number of aliphatic hydroxyl groups is 3. The molecule has 224 valence electrons. The molecule has 3 saturated carbocycles. The fourth-order valence-corrected chi connectivity index (χ4v) is 8.07. The van der Waals surface area contributed by atoms with Gasteiger partial charge in [0.1, 0.15) is 12.2 Å². The highest BCUT2D eigenvalue weighted by Gasteiger charge is 2.75. The molecule has 3 fully saturated rings. The number of carbonyl (C=O) groups excluding carboxylic acids is 4. The quantitative estimate of drug-likeness (QED) is 0.285. The van der Waals surface area contributed by atoms with E-state index in [0.29, 0.717) is 30.5 Å². The second kappa shape index (κ2) is 10.7. The van der Waals surface area contributed by atoms with Gasteiger partial charge in [0.05, 0.1) is 24.9 Å². The Balaban J connectivity index is 1.52. The second-order valence-corrected chi connectivity index (χ2v) is 12.5. The number of nitrogens with zero attached hydrogens (tertiary/aromatic N) is 1. The van der Waals surface area contributed by atoms with Crippen LogP contribution in [0.4, 0.5) is 4.39 Å². The molecule has 4 aliphatic rings. The van der Waals surface area contributed by atoms with Gasteiger partial charge in [-0.15, -0.1) is 0 Å². The summed E-state index contributed by atoms with van der Waals surface area (Å²) in [5.41, 5.74) is -5.05. The van der Waals surface area contributed by atoms with E-state index in [0.717, 1.165) is 0 Å². The van der Waals surface area contributed by atoms with E-state index in [1.165, 1.54) is 13.0 Å². The van der Waals surface area contributed by atoms with Gasteiger partial charge in [-0.05, 0) is 63.5 Å². The van der Waals surface area contributed by atoms with Crippen LogP contribution in [0.1, 0.15) is 53.4 Å². The maximum atomic E-state index is 17.4. The van der Waals surface area contributed by atoms with Gasteiger partial charge < -0.3 is 26.0 Å². The van der Waals surface area contributed by atoms with Gasteiger partial charge in [0, 0.05) is 22.3 Å². The van der Waals surface area contributed by atoms with Crippen molar-refractivity contribution in [3.63, 3.8) is 0 Å². The minimum Gasteiger partial charge on any atom is -0.390 e. The summed E-state index contributed by atoms with van der Waals surface area (Å²) in [6.45, 7) is 8.63. The summed E-state index contributed by atoms with van der Waals surface area (Å²) >= 11 is 0. The molecule has 0 aromatic rings. The van der Waals surface area contributed by atoms with Gasteiger partial charge in [0.2, 0.25) is 11.8 Å². The molecule has 8 atom stereocenters. The van der Waals surface area contributed by atoms with Crippen molar-refractivity contribution in [2.75, 3.05) is 19.7 Å². The minimum atomic E-state index is -2.09. The monoisotopic (exact) mass is 573 g/mol. The second-order valence-electron chi connectivity index (χ2n) is 12.5. The van der Waals surface area contributed by atoms with E-state index in [1.54, 1.807) is 32.9 Å². The van der Waals surface area contributed by atoms with Gasteiger partial charge in [-0.3, -0.25) is 19.2 Å². The maximum absolute atomic E-state index is 17.4. The molecule has 0 spiro atoms. The van der Waals surface area contributed by atoms with E-state index < -0.39 is 76.1 Å². The number of rotatable bonds is 7. The van der Waals surface area contributed by atoms with Crippen LogP contribution in [0, 0.1) is 28.6 Å². The van der Waals surface area contributed by atoms with Crippen molar-refractivity contribution in [2.45, 2.75) is 70.8 Å². The number of nitrogens with one attached hydrogen (secondary N) is 2. The first kappa shape index (κ1) is 30.9. The van der Waals surface area contributed by atoms with Crippen molar-refractivity contribution in [3.8, 4) is 0 Å². The average Bonchev–Trinajstić information content (AvgIpc) is 3.12. The Morgan fingerprint density at radius 2 is 1.85 bits per heavy atom. The molecule has 4 aliphatic carbocycles. The molecule has 0 aromatic heterocycles. The summed E-state index contributed by atoms with van der Waals surface area (Å²) in [6, 6.07) is 0. The number of amides is 3. The molecule has 11 heteroatoms. The van der Waals surface area contributed by atoms with Crippen molar-refractivity contribution in [3.05, 3.63) is 36.0 Å². The predicted molar refractivity (Wildman–Crippen MR) is 148 cm³/mol. The molecule has 5 N–H and O–H groups in total. The molecule has 3 amide bonds. The summed E-state index contributed by atoms with van der Waals surface area (Å²) in [5, 5.41) is 37.4. The number of hydrogen-bond acceptors (Lipinski definition) is 7. The number of Topliss-reactive ketones (excluding diaryl/α,β-unsaturated/α-hetero) is 1. The van der Waals surface area contributed by atoms with E-state index in [1.807, 2.05) is 0 Å². The lowest BCUT2D eigenvalue weighted by molar-refractivity contribution is -0.219. The van der Waals surface area contributed by atoms with Gasteiger partial charge in [-0.25, -0.2) is 9.38 Å². The Bertz CT molecular complexity index is 1280. The Morgan fingerprint density at radius 1 is 1.17 bits per heavy atom. The van der Waals surface area contributed by atoms with Crippen molar-refractivity contribution >= 4 is 29.2 Å². The van der Waals surface area contributed by atoms with Gasteiger partial charge in [0.15, 0.2) is 11.5 Å². The highest BCUT2D eigenvalue weighted by atomic mass is 19.1. The lowest BCUT2D eigenvalue weighted by Crippen LogP contribution is -2.69. The molecule has 0 radical (unpaired) electrons. The van der Waals surface area contributed by atoms with Gasteiger partial charge in [-0.1, -0.05) is 32.1 Å². The minimum absolute atomic E-state index is 0.139. The van der Waals surface area contributed by atoms with E-state index in [2.05, 4.69) is 22.2 Å². The lowest BCUT2D eigenvalue weighted by atomic mass is 9.44. The highest BCUT2D eigenvalue weighted by molar-refractivity contribution is 6.11. The third kappa shape index (κ3) is 4.62. The van der Waals surface area contributed by atoms with Crippen LogP contribution in [0.25, 0.3) is 0 Å². The Labute approximate surface area is 238 Å². The zero-order valence-corrected chi connectivity index (χ0v) is 24.0. The van der Waals surface area contributed by atoms with Crippen molar-refractivity contribution in [1.29, 1.82) is 0 Å². The summed E-state index contributed by atoms with van der Waals surface area (Å²) < 4.78 is 17.4. The van der Waals surface area contributed by atoms with Crippen molar-refractivity contribution in [1.82, 2.24) is 10.6 Å². The molecule has 41 heavy (non-hydrogen) atoms. The van der Waals surface area contributed by atoms with Crippen LogP contribution in [0.15, 0.2) is 40.9 Å². The van der Waals surface area contributed by atoms with Crippen molar-refractivity contribution < 1.29 is 38.9 Å². The van der Waals surface area contributed by atoms with Crippen LogP contribution in [0.2, 0.25) is 0 Å².